The summed E-state index contributed by atoms with van der Waals surface area (Å²) in [5.41, 5.74) is 0.717. The molecule has 0 spiro atoms. The van der Waals surface area contributed by atoms with Crippen LogP contribution in [0.15, 0.2) is 34.7 Å². The van der Waals surface area contributed by atoms with Gasteiger partial charge in [-0.3, -0.25) is 4.79 Å². The molecular formula is C17H21NO4. The van der Waals surface area contributed by atoms with Gasteiger partial charge in [0.25, 0.3) is 0 Å². The highest BCUT2D eigenvalue weighted by atomic mass is 16.4. The molecule has 0 aliphatic rings. The first kappa shape index (κ1) is 16.1. The summed E-state index contributed by atoms with van der Waals surface area (Å²) in [5, 5.41) is 12.8. The van der Waals surface area contributed by atoms with Crippen molar-refractivity contribution in [1.82, 2.24) is 5.32 Å². The first-order valence-electron chi connectivity index (χ1n) is 7.45. The highest BCUT2D eigenvalue weighted by Crippen LogP contribution is 2.25. The van der Waals surface area contributed by atoms with E-state index in [0.717, 1.165) is 5.39 Å². The van der Waals surface area contributed by atoms with E-state index in [1.807, 2.05) is 44.2 Å². The minimum absolute atomic E-state index is 0.135. The van der Waals surface area contributed by atoms with Gasteiger partial charge in [0.1, 0.15) is 17.4 Å². The second kappa shape index (κ2) is 6.64. The van der Waals surface area contributed by atoms with E-state index >= 15 is 0 Å². The van der Waals surface area contributed by atoms with Gasteiger partial charge in [0.15, 0.2) is 0 Å². The Bertz CT molecular complexity index is 643. The SMILES string of the molecule is CC[C@H](C)[C@H](NC(=O)C(C)c1cc2ccccc2o1)C(=O)O. The molecule has 1 heterocycles. The van der Waals surface area contributed by atoms with Crippen LogP contribution in [0.1, 0.15) is 38.9 Å². The Morgan fingerprint density at radius 2 is 1.95 bits per heavy atom. The Morgan fingerprint density at radius 1 is 1.27 bits per heavy atom. The lowest BCUT2D eigenvalue weighted by Crippen LogP contribution is -2.46. The molecule has 0 aliphatic heterocycles. The highest BCUT2D eigenvalue weighted by molar-refractivity contribution is 5.88. The summed E-state index contributed by atoms with van der Waals surface area (Å²) in [6, 6.07) is 8.44. The highest BCUT2D eigenvalue weighted by Gasteiger charge is 2.28. The quantitative estimate of drug-likeness (QED) is 0.859. The van der Waals surface area contributed by atoms with E-state index in [9.17, 15) is 14.7 Å². The van der Waals surface area contributed by atoms with E-state index in [-0.39, 0.29) is 11.8 Å². The van der Waals surface area contributed by atoms with Gasteiger partial charge in [0.05, 0.1) is 5.92 Å². The summed E-state index contributed by atoms with van der Waals surface area (Å²) in [7, 11) is 0. The number of benzene rings is 1. The summed E-state index contributed by atoms with van der Waals surface area (Å²) < 4.78 is 5.67. The summed E-state index contributed by atoms with van der Waals surface area (Å²) in [6.07, 6.45) is 0.677. The monoisotopic (exact) mass is 303 g/mol. The molecular weight excluding hydrogens is 282 g/mol. The summed E-state index contributed by atoms with van der Waals surface area (Å²) in [5.74, 6) is -1.50. The Labute approximate surface area is 129 Å². The minimum Gasteiger partial charge on any atom is -0.480 e. The molecule has 0 fully saturated rings. The molecule has 5 nitrogen and oxygen atoms in total. The molecule has 1 aromatic carbocycles. The van der Waals surface area contributed by atoms with E-state index in [0.29, 0.717) is 17.8 Å². The molecule has 2 N–H and O–H groups in total. The van der Waals surface area contributed by atoms with Crippen LogP contribution in [0.3, 0.4) is 0 Å². The van der Waals surface area contributed by atoms with Crippen molar-refractivity contribution in [3.05, 3.63) is 36.1 Å². The van der Waals surface area contributed by atoms with Gasteiger partial charge in [0, 0.05) is 5.39 Å². The molecule has 5 heteroatoms. The number of aliphatic carboxylic acids is 1. The Balaban J connectivity index is 2.15. The van der Waals surface area contributed by atoms with Crippen molar-refractivity contribution in [2.45, 2.75) is 39.2 Å². The van der Waals surface area contributed by atoms with Gasteiger partial charge in [-0.1, -0.05) is 38.5 Å². The average Bonchev–Trinajstić information content (AvgIpc) is 2.94. The lowest BCUT2D eigenvalue weighted by Gasteiger charge is -2.21. The topological polar surface area (TPSA) is 79.5 Å². The third-order valence-corrected chi connectivity index (χ3v) is 4.04. The summed E-state index contributed by atoms with van der Waals surface area (Å²) >= 11 is 0. The molecule has 0 bridgehead atoms. The lowest BCUT2D eigenvalue weighted by molar-refractivity contribution is -0.143. The van der Waals surface area contributed by atoms with Crippen molar-refractivity contribution in [1.29, 1.82) is 0 Å². The van der Waals surface area contributed by atoms with Gasteiger partial charge < -0.3 is 14.8 Å². The number of carbonyl (C=O) groups excluding carboxylic acids is 1. The van der Waals surface area contributed by atoms with E-state index < -0.39 is 17.9 Å². The molecule has 0 saturated carbocycles. The molecule has 2 rings (SSSR count). The van der Waals surface area contributed by atoms with Crippen molar-refractivity contribution in [3.63, 3.8) is 0 Å². The molecule has 118 valence electrons. The first-order chi connectivity index (χ1) is 10.4. The predicted octanol–water partition coefficient (Wildman–Crippen LogP) is 3.15. The van der Waals surface area contributed by atoms with Crippen molar-refractivity contribution in [2.75, 3.05) is 0 Å². The third-order valence-electron chi connectivity index (χ3n) is 4.04. The largest absolute Gasteiger partial charge is 0.480 e. The fourth-order valence-electron chi connectivity index (χ4n) is 2.31. The van der Waals surface area contributed by atoms with Gasteiger partial charge in [-0.15, -0.1) is 0 Å². The van der Waals surface area contributed by atoms with E-state index in [1.54, 1.807) is 6.92 Å². The zero-order valence-corrected chi connectivity index (χ0v) is 13.0. The van der Waals surface area contributed by atoms with Gasteiger partial charge in [-0.2, -0.15) is 0 Å². The number of hydrogen-bond acceptors (Lipinski definition) is 3. The molecule has 1 aromatic heterocycles. The zero-order valence-electron chi connectivity index (χ0n) is 13.0. The second-order valence-electron chi connectivity index (χ2n) is 5.62. The molecule has 1 amide bonds. The van der Waals surface area contributed by atoms with Crippen LogP contribution in [-0.4, -0.2) is 23.0 Å². The molecule has 1 unspecified atom stereocenters. The van der Waals surface area contributed by atoms with Crippen LogP contribution in [0.5, 0.6) is 0 Å². The number of amides is 1. The lowest BCUT2D eigenvalue weighted by atomic mass is 9.98. The van der Waals surface area contributed by atoms with E-state index in [1.165, 1.54) is 0 Å². The zero-order chi connectivity index (χ0) is 16.3. The molecule has 3 atom stereocenters. The molecule has 2 aromatic rings. The van der Waals surface area contributed by atoms with E-state index in [4.69, 9.17) is 4.42 Å². The maximum atomic E-state index is 12.3. The third kappa shape index (κ3) is 3.30. The number of hydrogen-bond donors (Lipinski definition) is 2. The van der Waals surface area contributed by atoms with Crippen molar-refractivity contribution in [3.8, 4) is 0 Å². The van der Waals surface area contributed by atoms with Gasteiger partial charge in [-0.05, 0) is 25.0 Å². The maximum Gasteiger partial charge on any atom is 0.326 e. The number of carboxylic acids is 1. The van der Waals surface area contributed by atoms with Crippen LogP contribution in [0.4, 0.5) is 0 Å². The molecule has 0 radical (unpaired) electrons. The van der Waals surface area contributed by atoms with Crippen LogP contribution in [0, 0.1) is 5.92 Å². The Kier molecular flexibility index (Phi) is 4.85. The fraction of sp³-hybridized carbons (Fsp3) is 0.412. The number of carbonyl (C=O) groups is 2. The maximum absolute atomic E-state index is 12.3. The smallest absolute Gasteiger partial charge is 0.326 e. The molecule has 22 heavy (non-hydrogen) atoms. The van der Waals surface area contributed by atoms with Crippen molar-refractivity contribution >= 4 is 22.8 Å². The van der Waals surface area contributed by atoms with Crippen LogP contribution in [0.25, 0.3) is 11.0 Å². The van der Waals surface area contributed by atoms with E-state index in [2.05, 4.69) is 5.32 Å². The van der Waals surface area contributed by atoms with Crippen LogP contribution >= 0.6 is 0 Å². The Morgan fingerprint density at radius 3 is 2.55 bits per heavy atom. The molecule has 0 aliphatic carbocycles. The first-order valence-corrected chi connectivity index (χ1v) is 7.45. The summed E-state index contributed by atoms with van der Waals surface area (Å²) in [4.78, 5) is 23.6. The van der Waals surface area contributed by atoms with Crippen LogP contribution in [-0.2, 0) is 9.59 Å². The van der Waals surface area contributed by atoms with Gasteiger partial charge in [-0.25, -0.2) is 4.79 Å². The van der Waals surface area contributed by atoms with Gasteiger partial charge in [0.2, 0.25) is 5.91 Å². The minimum atomic E-state index is -1.01. The Hall–Kier alpha value is -2.30. The van der Waals surface area contributed by atoms with Crippen molar-refractivity contribution < 1.29 is 19.1 Å². The van der Waals surface area contributed by atoms with Gasteiger partial charge >= 0.3 is 5.97 Å². The predicted molar refractivity (Wildman–Crippen MR) is 83.7 cm³/mol. The number of fused-ring (bicyclic) bond motifs is 1. The number of para-hydroxylation sites is 1. The standard InChI is InChI=1S/C17H21NO4/c1-4-10(2)15(17(20)21)18-16(19)11(3)14-9-12-7-5-6-8-13(12)22-14/h5-11,15H,4H2,1-3H3,(H,18,19)(H,20,21)/t10-,11?,15-/m0/s1. The number of rotatable bonds is 6. The molecule has 0 saturated heterocycles. The number of carboxylic acid groups (broad SMARTS) is 1. The second-order valence-corrected chi connectivity index (χ2v) is 5.62. The van der Waals surface area contributed by atoms with Crippen molar-refractivity contribution in [2.24, 2.45) is 5.92 Å². The average molecular weight is 303 g/mol. The summed E-state index contributed by atoms with van der Waals surface area (Å²) in [6.45, 7) is 5.42. The number of furan rings is 1. The van der Waals surface area contributed by atoms with Crippen LogP contribution < -0.4 is 5.32 Å². The normalized spacial score (nSPS) is 15.2. The number of nitrogens with one attached hydrogen (secondary N) is 1. The fourth-order valence-corrected chi connectivity index (χ4v) is 2.31. The van der Waals surface area contributed by atoms with Crippen LogP contribution in [0.2, 0.25) is 0 Å².